The van der Waals surface area contributed by atoms with Gasteiger partial charge in [-0.1, -0.05) is 19.1 Å². The molecule has 8 heteroatoms. The number of nitrogens with one attached hydrogen (secondary N) is 1. The second-order valence-corrected chi connectivity index (χ2v) is 8.22. The Kier molecular flexibility index (Phi) is 4.86. The summed E-state index contributed by atoms with van der Waals surface area (Å²) in [6.45, 7) is 7.58. The highest BCUT2D eigenvalue weighted by Crippen LogP contribution is 2.27. The minimum Gasteiger partial charge on any atom is -0.368 e. The summed E-state index contributed by atoms with van der Waals surface area (Å²) in [5.41, 5.74) is 0.813. The summed E-state index contributed by atoms with van der Waals surface area (Å²) < 4.78 is 24.6. The molecule has 0 radical (unpaired) electrons. The zero-order valence-electron chi connectivity index (χ0n) is 14.1. The number of anilines is 1. The minimum atomic E-state index is -3.22. The van der Waals surface area contributed by atoms with Crippen molar-refractivity contribution in [2.75, 3.05) is 36.8 Å². The molecule has 1 aromatic heterocycles. The molecule has 0 spiro atoms. The number of aromatic nitrogens is 3. The molecule has 1 saturated heterocycles. The van der Waals surface area contributed by atoms with E-state index >= 15 is 0 Å². The van der Waals surface area contributed by atoms with E-state index in [1.54, 1.807) is 19.1 Å². The van der Waals surface area contributed by atoms with Crippen LogP contribution in [0.3, 0.4) is 0 Å². The predicted molar refractivity (Wildman–Crippen MR) is 92.8 cm³/mol. The van der Waals surface area contributed by atoms with Gasteiger partial charge in [-0.2, -0.15) is 5.10 Å². The monoisotopic (exact) mass is 349 g/mol. The fourth-order valence-electron chi connectivity index (χ4n) is 2.94. The van der Waals surface area contributed by atoms with E-state index < -0.39 is 9.84 Å². The van der Waals surface area contributed by atoms with Gasteiger partial charge >= 0.3 is 0 Å². The molecule has 24 heavy (non-hydrogen) atoms. The average molecular weight is 349 g/mol. The molecule has 0 aliphatic carbocycles. The topological polar surface area (TPSA) is 82.2 Å². The standard InChI is InChI=1S/C16H23N5O2S/c1-3-24(22,23)15-7-5-4-6-14(15)21-10-8-20(9-11-21)12-16-17-13(2)18-19-16/h4-7H,3,8-12H2,1-2H3,(H,17,18,19). The maximum atomic E-state index is 12.3. The Bertz CT molecular complexity index is 794. The normalized spacial score (nSPS) is 16.5. The molecule has 1 N–H and O–H groups in total. The van der Waals surface area contributed by atoms with Gasteiger partial charge in [-0.15, -0.1) is 0 Å². The van der Waals surface area contributed by atoms with E-state index in [9.17, 15) is 8.42 Å². The number of benzene rings is 1. The van der Waals surface area contributed by atoms with Gasteiger partial charge in [-0.05, 0) is 19.1 Å². The van der Waals surface area contributed by atoms with Gasteiger partial charge in [0.05, 0.1) is 22.9 Å². The lowest BCUT2D eigenvalue weighted by Crippen LogP contribution is -2.46. The van der Waals surface area contributed by atoms with Gasteiger partial charge in [-0.3, -0.25) is 10.00 Å². The third kappa shape index (κ3) is 3.59. The first-order valence-electron chi connectivity index (χ1n) is 8.16. The fraction of sp³-hybridized carbons (Fsp3) is 0.500. The number of aryl methyl sites for hydroxylation is 1. The maximum absolute atomic E-state index is 12.3. The van der Waals surface area contributed by atoms with Crippen molar-refractivity contribution < 1.29 is 8.42 Å². The molecule has 3 rings (SSSR count). The van der Waals surface area contributed by atoms with E-state index in [4.69, 9.17) is 0 Å². The Morgan fingerprint density at radius 1 is 1.17 bits per heavy atom. The molecular formula is C16H23N5O2S. The summed E-state index contributed by atoms with van der Waals surface area (Å²) in [7, 11) is -3.22. The SMILES string of the molecule is CCS(=O)(=O)c1ccccc1N1CCN(Cc2n[nH]c(C)n2)CC1. The summed E-state index contributed by atoms with van der Waals surface area (Å²) in [5.74, 6) is 1.74. The molecule has 1 aromatic carbocycles. The van der Waals surface area contributed by atoms with Crippen molar-refractivity contribution >= 4 is 15.5 Å². The van der Waals surface area contributed by atoms with Crippen molar-refractivity contribution in [3.63, 3.8) is 0 Å². The second kappa shape index (κ2) is 6.90. The van der Waals surface area contributed by atoms with Crippen molar-refractivity contribution in [3.8, 4) is 0 Å². The summed E-state index contributed by atoms with van der Waals surface area (Å²) in [5, 5.41) is 7.03. The Balaban J connectivity index is 1.69. The molecule has 1 aliphatic heterocycles. The van der Waals surface area contributed by atoms with Crippen LogP contribution in [-0.2, 0) is 16.4 Å². The van der Waals surface area contributed by atoms with Crippen molar-refractivity contribution in [3.05, 3.63) is 35.9 Å². The fourth-order valence-corrected chi connectivity index (χ4v) is 4.06. The largest absolute Gasteiger partial charge is 0.368 e. The van der Waals surface area contributed by atoms with E-state index in [1.165, 1.54) is 0 Å². The second-order valence-electron chi connectivity index (χ2n) is 5.97. The van der Waals surface area contributed by atoms with E-state index in [2.05, 4.69) is 25.0 Å². The molecule has 2 heterocycles. The van der Waals surface area contributed by atoms with Crippen LogP contribution in [0.5, 0.6) is 0 Å². The number of rotatable bonds is 5. The minimum absolute atomic E-state index is 0.119. The number of piperazine rings is 1. The molecule has 1 aliphatic rings. The quantitative estimate of drug-likeness (QED) is 0.874. The van der Waals surface area contributed by atoms with Gasteiger partial charge in [0, 0.05) is 26.2 Å². The Labute approximate surface area is 142 Å². The van der Waals surface area contributed by atoms with Crippen LogP contribution in [0, 0.1) is 6.92 Å². The highest BCUT2D eigenvalue weighted by molar-refractivity contribution is 7.91. The van der Waals surface area contributed by atoms with E-state index in [-0.39, 0.29) is 5.75 Å². The van der Waals surface area contributed by atoms with E-state index in [1.807, 2.05) is 19.1 Å². The molecule has 0 amide bonds. The molecule has 0 unspecified atom stereocenters. The molecule has 7 nitrogen and oxygen atoms in total. The first-order chi connectivity index (χ1) is 11.5. The molecule has 0 atom stereocenters. The smallest absolute Gasteiger partial charge is 0.180 e. The van der Waals surface area contributed by atoms with Crippen LogP contribution in [-0.4, -0.2) is 60.4 Å². The lowest BCUT2D eigenvalue weighted by atomic mass is 10.2. The molecule has 0 bridgehead atoms. The number of sulfone groups is 1. The molecule has 1 fully saturated rings. The van der Waals surface area contributed by atoms with E-state index in [0.717, 1.165) is 43.5 Å². The highest BCUT2D eigenvalue weighted by atomic mass is 32.2. The third-order valence-corrected chi connectivity index (χ3v) is 6.08. The molecular weight excluding hydrogens is 326 g/mol. The lowest BCUT2D eigenvalue weighted by Gasteiger charge is -2.36. The Morgan fingerprint density at radius 2 is 1.88 bits per heavy atom. The van der Waals surface area contributed by atoms with Gasteiger partial charge in [0.2, 0.25) is 0 Å². The first kappa shape index (κ1) is 16.9. The summed E-state index contributed by atoms with van der Waals surface area (Å²) in [6.07, 6.45) is 0. The molecule has 130 valence electrons. The van der Waals surface area contributed by atoms with Crippen LogP contribution < -0.4 is 4.90 Å². The first-order valence-corrected chi connectivity index (χ1v) is 9.82. The van der Waals surface area contributed by atoms with Gasteiger partial charge in [0.25, 0.3) is 0 Å². The van der Waals surface area contributed by atoms with Crippen LogP contribution in [0.1, 0.15) is 18.6 Å². The van der Waals surface area contributed by atoms with Crippen molar-refractivity contribution in [2.45, 2.75) is 25.3 Å². The van der Waals surface area contributed by atoms with Gasteiger partial charge < -0.3 is 4.90 Å². The van der Waals surface area contributed by atoms with Gasteiger partial charge in [0.15, 0.2) is 15.7 Å². The highest BCUT2D eigenvalue weighted by Gasteiger charge is 2.24. The van der Waals surface area contributed by atoms with Crippen LogP contribution in [0.2, 0.25) is 0 Å². The Morgan fingerprint density at radius 3 is 2.50 bits per heavy atom. The molecule has 0 saturated carbocycles. The maximum Gasteiger partial charge on any atom is 0.180 e. The number of H-pyrrole nitrogens is 1. The average Bonchev–Trinajstić information content (AvgIpc) is 3.00. The van der Waals surface area contributed by atoms with Crippen LogP contribution in [0.15, 0.2) is 29.2 Å². The summed E-state index contributed by atoms with van der Waals surface area (Å²) in [6, 6.07) is 7.29. The van der Waals surface area contributed by atoms with Gasteiger partial charge in [0.1, 0.15) is 5.82 Å². The Hall–Kier alpha value is -1.93. The zero-order valence-corrected chi connectivity index (χ0v) is 14.9. The van der Waals surface area contributed by atoms with Crippen LogP contribution >= 0.6 is 0 Å². The number of nitrogens with zero attached hydrogens (tertiary/aromatic N) is 4. The third-order valence-electron chi connectivity index (χ3n) is 4.30. The van der Waals surface area contributed by atoms with Crippen molar-refractivity contribution in [1.29, 1.82) is 0 Å². The summed E-state index contributed by atoms with van der Waals surface area (Å²) >= 11 is 0. The van der Waals surface area contributed by atoms with E-state index in [0.29, 0.717) is 11.4 Å². The number of aromatic amines is 1. The number of hydrogen-bond donors (Lipinski definition) is 1. The molecule has 2 aromatic rings. The number of hydrogen-bond acceptors (Lipinski definition) is 6. The van der Waals surface area contributed by atoms with Crippen LogP contribution in [0.25, 0.3) is 0 Å². The van der Waals surface area contributed by atoms with Crippen LogP contribution in [0.4, 0.5) is 5.69 Å². The van der Waals surface area contributed by atoms with Crippen molar-refractivity contribution in [1.82, 2.24) is 20.1 Å². The van der Waals surface area contributed by atoms with Gasteiger partial charge in [-0.25, -0.2) is 13.4 Å². The number of para-hydroxylation sites is 1. The summed E-state index contributed by atoms with van der Waals surface area (Å²) in [4.78, 5) is 9.22. The lowest BCUT2D eigenvalue weighted by molar-refractivity contribution is 0.244. The van der Waals surface area contributed by atoms with Crippen molar-refractivity contribution in [2.24, 2.45) is 0 Å². The zero-order chi connectivity index (χ0) is 17.2. The predicted octanol–water partition coefficient (Wildman–Crippen LogP) is 1.23.